The van der Waals surface area contributed by atoms with Gasteiger partial charge in [0.2, 0.25) is 5.95 Å². The number of hydrogen-bond acceptors (Lipinski definition) is 6. The molecule has 0 unspecified atom stereocenters. The van der Waals surface area contributed by atoms with Gasteiger partial charge in [0.15, 0.2) is 17.1 Å². The molecule has 0 saturated heterocycles. The van der Waals surface area contributed by atoms with Gasteiger partial charge < -0.3 is 14.8 Å². The van der Waals surface area contributed by atoms with Crippen LogP contribution >= 0.6 is 0 Å². The van der Waals surface area contributed by atoms with Crippen molar-refractivity contribution in [3.63, 3.8) is 0 Å². The molecule has 0 bridgehead atoms. The number of benzene rings is 1. The summed E-state index contributed by atoms with van der Waals surface area (Å²) in [6, 6.07) is 10.2. The Bertz CT molecular complexity index is 1140. The standard InChI is InChI=1S/C19H14FN5O2/c20-16-3-1-2-13(23-16)18-19(25-7-6-21-11-17(25)24-18)22-12-4-5-14-15(10-12)27-9-8-26-14/h1-7,10-11,22H,8-9H2. The van der Waals surface area contributed by atoms with Gasteiger partial charge in [0.1, 0.15) is 24.7 Å². The normalized spacial score (nSPS) is 12.9. The van der Waals surface area contributed by atoms with Crippen LogP contribution in [0.1, 0.15) is 0 Å². The van der Waals surface area contributed by atoms with Crippen molar-refractivity contribution < 1.29 is 13.9 Å². The number of nitrogens with one attached hydrogen (secondary N) is 1. The Morgan fingerprint density at radius 2 is 1.93 bits per heavy atom. The molecule has 1 aliphatic rings. The molecule has 4 heterocycles. The molecule has 0 atom stereocenters. The highest BCUT2D eigenvalue weighted by Gasteiger charge is 2.18. The summed E-state index contributed by atoms with van der Waals surface area (Å²) in [6.45, 7) is 1.05. The third kappa shape index (κ3) is 2.80. The molecule has 0 spiro atoms. The summed E-state index contributed by atoms with van der Waals surface area (Å²) in [5, 5.41) is 3.34. The number of halogens is 1. The molecule has 1 N–H and O–H groups in total. The van der Waals surface area contributed by atoms with Crippen molar-refractivity contribution in [3.05, 3.63) is 60.9 Å². The summed E-state index contributed by atoms with van der Waals surface area (Å²) in [7, 11) is 0. The highest BCUT2D eigenvalue weighted by molar-refractivity contribution is 5.78. The zero-order valence-electron chi connectivity index (χ0n) is 14.1. The number of hydrogen-bond donors (Lipinski definition) is 1. The van der Waals surface area contributed by atoms with Crippen LogP contribution in [-0.2, 0) is 0 Å². The molecule has 0 fully saturated rings. The van der Waals surface area contributed by atoms with Crippen LogP contribution in [0.3, 0.4) is 0 Å². The van der Waals surface area contributed by atoms with Crippen LogP contribution in [-0.4, -0.2) is 32.6 Å². The smallest absolute Gasteiger partial charge is 0.213 e. The van der Waals surface area contributed by atoms with Gasteiger partial charge >= 0.3 is 0 Å². The first kappa shape index (κ1) is 15.6. The second kappa shape index (κ2) is 6.24. The molecule has 7 nitrogen and oxygen atoms in total. The number of pyridine rings is 1. The summed E-state index contributed by atoms with van der Waals surface area (Å²) in [5.41, 5.74) is 2.37. The van der Waals surface area contributed by atoms with Crippen molar-refractivity contribution in [2.24, 2.45) is 0 Å². The first-order valence-electron chi connectivity index (χ1n) is 8.39. The lowest BCUT2D eigenvalue weighted by Crippen LogP contribution is -2.15. The lowest BCUT2D eigenvalue weighted by Gasteiger charge is -2.19. The van der Waals surface area contributed by atoms with Crippen LogP contribution in [0.4, 0.5) is 15.9 Å². The third-order valence-electron chi connectivity index (χ3n) is 4.19. The van der Waals surface area contributed by atoms with E-state index in [0.717, 1.165) is 5.69 Å². The van der Waals surface area contributed by atoms with Gasteiger partial charge in [-0.3, -0.25) is 9.38 Å². The van der Waals surface area contributed by atoms with Gasteiger partial charge in [0, 0.05) is 24.1 Å². The molecular formula is C19H14FN5O2. The van der Waals surface area contributed by atoms with E-state index >= 15 is 0 Å². The Hall–Kier alpha value is -3.68. The van der Waals surface area contributed by atoms with E-state index in [2.05, 4.69) is 20.3 Å². The SMILES string of the molecule is Fc1cccc(-c2nc3cnccn3c2Nc2ccc3c(c2)OCCO3)n1. The maximum atomic E-state index is 13.6. The van der Waals surface area contributed by atoms with Gasteiger partial charge in [-0.1, -0.05) is 6.07 Å². The topological polar surface area (TPSA) is 73.6 Å². The molecule has 134 valence electrons. The summed E-state index contributed by atoms with van der Waals surface area (Å²) in [6.07, 6.45) is 5.08. The number of rotatable bonds is 3. The lowest BCUT2D eigenvalue weighted by atomic mass is 10.2. The fourth-order valence-electron chi connectivity index (χ4n) is 3.00. The Labute approximate surface area is 153 Å². The molecule has 8 heteroatoms. The molecule has 3 aromatic heterocycles. The van der Waals surface area contributed by atoms with Crippen molar-refractivity contribution in [1.82, 2.24) is 19.4 Å². The van der Waals surface area contributed by atoms with Gasteiger partial charge in [-0.05, 0) is 24.3 Å². The highest BCUT2D eigenvalue weighted by atomic mass is 19.1. The summed E-state index contributed by atoms with van der Waals surface area (Å²) >= 11 is 0. The first-order chi connectivity index (χ1) is 13.3. The van der Waals surface area contributed by atoms with Crippen LogP contribution in [0, 0.1) is 5.95 Å². The van der Waals surface area contributed by atoms with Crippen LogP contribution in [0.2, 0.25) is 0 Å². The van der Waals surface area contributed by atoms with Crippen LogP contribution in [0.5, 0.6) is 11.5 Å². The molecule has 1 aliphatic heterocycles. The Kier molecular flexibility index (Phi) is 3.60. The average molecular weight is 363 g/mol. The van der Waals surface area contributed by atoms with E-state index in [1.807, 2.05) is 22.6 Å². The predicted molar refractivity (Wildman–Crippen MR) is 96.9 cm³/mol. The van der Waals surface area contributed by atoms with Gasteiger partial charge in [0.05, 0.1) is 11.9 Å². The molecule has 0 aliphatic carbocycles. The number of nitrogens with zero attached hydrogens (tertiary/aromatic N) is 4. The Balaban J connectivity index is 1.62. The number of anilines is 2. The van der Waals surface area contributed by atoms with Gasteiger partial charge in [-0.25, -0.2) is 9.97 Å². The van der Waals surface area contributed by atoms with Crippen molar-refractivity contribution in [2.75, 3.05) is 18.5 Å². The third-order valence-corrected chi connectivity index (χ3v) is 4.19. The highest BCUT2D eigenvalue weighted by Crippen LogP contribution is 2.35. The largest absolute Gasteiger partial charge is 0.486 e. The number of imidazole rings is 1. The van der Waals surface area contributed by atoms with Crippen molar-refractivity contribution >= 4 is 17.2 Å². The van der Waals surface area contributed by atoms with Crippen molar-refractivity contribution in [1.29, 1.82) is 0 Å². The van der Waals surface area contributed by atoms with E-state index in [4.69, 9.17) is 9.47 Å². The van der Waals surface area contributed by atoms with Crippen LogP contribution < -0.4 is 14.8 Å². The van der Waals surface area contributed by atoms with Crippen LogP contribution in [0.25, 0.3) is 17.0 Å². The molecule has 27 heavy (non-hydrogen) atoms. The second-order valence-electron chi connectivity index (χ2n) is 5.94. The van der Waals surface area contributed by atoms with E-state index < -0.39 is 5.95 Å². The number of ether oxygens (including phenoxy) is 2. The summed E-state index contributed by atoms with van der Waals surface area (Å²) in [4.78, 5) is 12.6. The van der Waals surface area contributed by atoms with E-state index in [0.29, 0.717) is 47.6 Å². The van der Waals surface area contributed by atoms with E-state index in [9.17, 15) is 4.39 Å². The molecule has 0 saturated carbocycles. The Morgan fingerprint density at radius 1 is 1.04 bits per heavy atom. The minimum Gasteiger partial charge on any atom is -0.486 e. The minimum absolute atomic E-state index is 0.429. The molecule has 0 amide bonds. The molecule has 5 rings (SSSR count). The van der Waals surface area contributed by atoms with Crippen LogP contribution in [0.15, 0.2) is 55.0 Å². The molecule has 0 radical (unpaired) electrons. The molecule has 1 aromatic carbocycles. The molecule has 4 aromatic rings. The predicted octanol–water partition coefficient (Wildman–Crippen LogP) is 3.45. The number of fused-ring (bicyclic) bond motifs is 2. The fraction of sp³-hybridized carbons (Fsp3) is 0.105. The van der Waals surface area contributed by atoms with E-state index in [-0.39, 0.29) is 0 Å². The van der Waals surface area contributed by atoms with Gasteiger partial charge in [0.25, 0.3) is 0 Å². The van der Waals surface area contributed by atoms with Gasteiger partial charge in [-0.15, -0.1) is 0 Å². The van der Waals surface area contributed by atoms with Gasteiger partial charge in [-0.2, -0.15) is 4.39 Å². The maximum Gasteiger partial charge on any atom is 0.213 e. The second-order valence-corrected chi connectivity index (χ2v) is 5.94. The monoisotopic (exact) mass is 363 g/mol. The number of aromatic nitrogens is 4. The zero-order valence-corrected chi connectivity index (χ0v) is 14.1. The maximum absolute atomic E-state index is 13.6. The fourth-order valence-corrected chi connectivity index (χ4v) is 3.00. The zero-order chi connectivity index (χ0) is 18.2. The average Bonchev–Trinajstić information content (AvgIpc) is 3.06. The first-order valence-corrected chi connectivity index (χ1v) is 8.39. The van der Waals surface area contributed by atoms with Crippen molar-refractivity contribution in [2.45, 2.75) is 0 Å². The minimum atomic E-state index is -0.562. The lowest BCUT2D eigenvalue weighted by molar-refractivity contribution is 0.171. The van der Waals surface area contributed by atoms with E-state index in [1.54, 1.807) is 30.7 Å². The van der Waals surface area contributed by atoms with Crippen molar-refractivity contribution in [3.8, 4) is 22.9 Å². The summed E-state index contributed by atoms with van der Waals surface area (Å²) < 4.78 is 26.7. The summed E-state index contributed by atoms with van der Waals surface area (Å²) in [5.74, 6) is 1.48. The molecular weight excluding hydrogens is 349 g/mol. The Morgan fingerprint density at radius 3 is 2.81 bits per heavy atom. The van der Waals surface area contributed by atoms with E-state index in [1.165, 1.54) is 6.07 Å². The quantitative estimate of drug-likeness (QED) is 0.562.